The highest BCUT2D eigenvalue weighted by Crippen LogP contribution is 2.68. The summed E-state index contributed by atoms with van der Waals surface area (Å²) in [4.78, 5) is 6.70. The topological polar surface area (TPSA) is 6.48 Å². The Hall–Kier alpha value is -8.44. The van der Waals surface area contributed by atoms with Gasteiger partial charge in [-0.25, -0.2) is 0 Å². The Kier molecular flexibility index (Phi) is 8.00. The molecule has 0 fully saturated rings. The number of anilines is 6. The number of thiophene rings is 1. The molecule has 2 nitrogen and oxygen atoms in total. The van der Waals surface area contributed by atoms with Gasteiger partial charge in [0.1, 0.15) is 0 Å². The fraction of sp³-hybridized carbons (Fsp3) is 0.0857. The maximum absolute atomic E-state index is 2.70. The predicted octanol–water partition coefficient (Wildman–Crippen LogP) is 15.9. The van der Waals surface area contributed by atoms with Crippen molar-refractivity contribution in [1.29, 1.82) is 0 Å². The van der Waals surface area contributed by atoms with Gasteiger partial charge < -0.3 is 9.80 Å². The average molecular weight is 959 g/mol. The van der Waals surface area contributed by atoms with Gasteiger partial charge in [0.05, 0.1) is 16.5 Å². The van der Waals surface area contributed by atoms with Crippen molar-refractivity contribution in [2.24, 2.45) is 0 Å². The van der Waals surface area contributed by atoms with Crippen LogP contribution in [-0.2, 0) is 10.8 Å². The molecule has 6 aliphatic rings. The van der Waals surface area contributed by atoms with E-state index in [9.17, 15) is 0 Å². The number of hydrogen-bond acceptors (Lipinski definition) is 3. The summed E-state index contributed by atoms with van der Waals surface area (Å²) in [5, 5.41) is 0. The van der Waals surface area contributed by atoms with E-state index in [2.05, 4.69) is 266 Å². The molecule has 74 heavy (non-hydrogen) atoms. The largest absolute Gasteiger partial charge is 0.311 e. The van der Waals surface area contributed by atoms with E-state index in [0.717, 1.165) is 5.69 Å². The van der Waals surface area contributed by atoms with Crippen molar-refractivity contribution < 1.29 is 0 Å². The lowest BCUT2D eigenvalue weighted by Crippen LogP contribution is -2.60. The molecule has 2 spiro atoms. The van der Waals surface area contributed by atoms with E-state index in [1.54, 1.807) is 0 Å². The number of fused-ring (bicyclic) bond motifs is 25. The van der Waals surface area contributed by atoms with Gasteiger partial charge in [-0.15, -0.1) is 11.3 Å². The molecule has 4 aliphatic carbocycles. The molecule has 0 atom stereocenters. The Morgan fingerprint density at radius 1 is 0.405 bits per heavy atom. The van der Waals surface area contributed by atoms with E-state index in [1.807, 2.05) is 0 Å². The zero-order valence-corrected chi connectivity index (χ0v) is 42.1. The van der Waals surface area contributed by atoms with Crippen molar-refractivity contribution in [1.82, 2.24) is 0 Å². The number of benzene rings is 10. The molecular formula is C70H47BN2S. The first-order valence-electron chi connectivity index (χ1n) is 26.3. The molecular weight excluding hydrogens is 912 g/mol. The van der Waals surface area contributed by atoms with E-state index in [-0.39, 0.29) is 6.71 Å². The zero-order chi connectivity index (χ0) is 48.8. The van der Waals surface area contributed by atoms with Crippen LogP contribution in [0.2, 0.25) is 0 Å². The Balaban J connectivity index is 1.04. The van der Waals surface area contributed by atoms with E-state index in [4.69, 9.17) is 0 Å². The van der Waals surface area contributed by atoms with Crippen molar-refractivity contribution in [3.8, 4) is 44.5 Å². The summed E-state index contributed by atoms with van der Waals surface area (Å²) in [6, 6.07) is 86.5. The van der Waals surface area contributed by atoms with Crippen molar-refractivity contribution in [2.75, 3.05) is 9.80 Å². The van der Waals surface area contributed by atoms with Crippen LogP contribution in [0.1, 0.15) is 74.7 Å². The lowest BCUT2D eigenvalue weighted by molar-refractivity contribution is 0.794. The van der Waals surface area contributed by atoms with Crippen LogP contribution in [0.4, 0.5) is 34.1 Å². The minimum Gasteiger partial charge on any atom is -0.311 e. The molecule has 4 heteroatoms. The molecule has 0 bridgehead atoms. The third-order valence-electron chi connectivity index (χ3n) is 17.8. The molecule has 0 N–H and O–H groups in total. The van der Waals surface area contributed by atoms with Crippen LogP contribution in [0.25, 0.3) is 44.5 Å². The molecule has 0 saturated heterocycles. The highest BCUT2D eigenvalue weighted by atomic mass is 32.1. The highest BCUT2D eigenvalue weighted by molar-refractivity contribution is 7.30. The van der Waals surface area contributed by atoms with Gasteiger partial charge in [-0.2, -0.15) is 0 Å². The Morgan fingerprint density at radius 3 is 1.41 bits per heavy atom. The zero-order valence-electron chi connectivity index (χ0n) is 41.3. The van der Waals surface area contributed by atoms with E-state index >= 15 is 0 Å². The van der Waals surface area contributed by atoms with Gasteiger partial charge in [0, 0.05) is 43.7 Å². The standard InChI is InChI=1S/C70H47BN2S/c1-41(2)43-34-35-51-58(38-43)70(56-32-18-12-26-48(56)49-27-13-19-33-57(49)70)67-64(51)66-68(74-67)71-60-40-59-52(50-28-14-17-31-55(50)69(59)53-29-15-10-24-46(53)47-25-11-16-30-54(47)69)39-61(60)72(44-20-6-4-7-21-44)62-36-42(3)37-63(65(62)71)73(66)45-22-8-5-9-23-45/h4-41H,1-3H3. The second-order valence-corrected chi connectivity index (χ2v) is 22.7. The van der Waals surface area contributed by atoms with Crippen LogP contribution in [0.5, 0.6) is 0 Å². The van der Waals surface area contributed by atoms with Gasteiger partial charge >= 0.3 is 0 Å². The summed E-state index contributed by atoms with van der Waals surface area (Å²) in [6.45, 7) is 6.91. The first kappa shape index (κ1) is 41.1. The minimum atomic E-state index is -0.494. The Morgan fingerprint density at radius 2 is 0.865 bits per heavy atom. The number of rotatable bonds is 3. The SMILES string of the molecule is Cc1cc2c3c(c1)N(c1ccccc1)c1c(sc4c1-c1ccc(C(C)C)cc1C41c4ccccc4-c4ccccc41)B3c1cc3c(cc1N2c1ccccc1)-c1ccccc1C31c2ccccc2-c2ccccc21. The predicted molar refractivity (Wildman–Crippen MR) is 310 cm³/mol. The number of para-hydroxylation sites is 2. The molecule has 3 heterocycles. The maximum atomic E-state index is 2.70. The van der Waals surface area contributed by atoms with Crippen molar-refractivity contribution >= 4 is 67.9 Å². The average Bonchev–Trinajstić information content (AvgIpc) is 4.34. The summed E-state index contributed by atoms with van der Waals surface area (Å²) >= 11 is 2.08. The monoisotopic (exact) mass is 958 g/mol. The molecule has 0 amide bonds. The molecule has 346 valence electrons. The van der Waals surface area contributed by atoms with Crippen molar-refractivity contribution in [3.05, 3.63) is 279 Å². The molecule has 11 aromatic rings. The Bertz CT molecular complexity index is 4190. The van der Waals surface area contributed by atoms with Crippen LogP contribution in [-0.4, -0.2) is 6.71 Å². The smallest absolute Gasteiger partial charge is 0.264 e. The summed E-state index contributed by atoms with van der Waals surface area (Å²) in [7, 11) is 0. The van der Waals surface area contributed by atoms with Gasteiger partial charge in [-0.3, -0.25) is 0 Å². The maximum Gasteiger partial charge on any atom is 0.264 e. The molecule has 2 aliphatic heterocycles. The normalized spacial score (nSPS) is 15.2. The second kappa shape index (κ2) is 14.4. The summed E-state index contributed by atoms with van der Waals surface area (Å²) in [5.74, 6) is 0.382. The van der Waals surface area contributed by atoms with Crippen molar-refractivity contribution in [2.45, 2.75) is 37.5 Å². The molecule has 0 radical (unpaired) electrons. The Labute approximate surface area is 436 Å². The number of hydrogen-bond donors (Lipinski definition) is 0. The molecule has 0 saturated carbocycles. The summed E-state index contributed by atoms with van der Waals surface area (Å²) < 4.78 is 1.40. The quantitative estimate of drug-likeness (QED) is 0.163. The van der Waals surface area contributed by atoms with Gasteiger partial charge in [0.25, 0.3) is 6.71 Å². The minimum absolute atomic E-state index is 0.0681. The van der Waals surface area contributed by atoms with Gasteiger partial charge in [0.15, 0.2) is 0 Å². The van der Waals surface area contributed by atoms with Crippen LogP contribution < -0.4 is 25.5 Å². The van der Waals surface area contributed by atoms with Crippen LogP contribution >= 0.6 is 11.3 Å². The summed E-state index contributed by atoms with van der Waals surface area (Å²) in [6.07, 6.45) is 0. The van der Waals surface area contributed by atoms with Gasteiger partial charge in [-0.1, -0.05) is 196 Å². The first-order chi connectivity index (χ1) is 36.5. The van der Waals surface area contributed by atoms with Crippen LogP contribution in [0, 0.1) is 6.92 Å². The fourth-order valence-electron chi connectivity index (χ4n) is 15.1. The van der Waals surface area contributed by atoms with E-state index in [0.29, 0.717) is 5.92 Å². The van der Waals surface area contributed by atoms with Gasteiger partial charge in [-0.05, 0) is 155 Å². The van der Waals surface area contributed by atoms with E-state index < -0.39 is 10.8 Å². The first-order valence-corrected chi connectivity index (χ1v) is 27.1. The van der Waals surface area contributed by atoms with E-state index in [1.165, 1.54) is 144 Å². The van der Waals surface area contributed by atoms with Gasteiger partial charge in [0.2, 0.25) is 0 Å². The lowest BCUT2D eigenvalue weighted by Gasteiger charge is -2.44. The lowest BCUT2D eigenvalue weighted by atomic mass is 9.35. The molecule has 1 aromatic heterocycles. The molecule has 10 aromatic carbocycles. The third kappa shape index (κ3) is 4.80. The third-order valence-corrected chi connectivity index (χ3v) is 19.2. The van der Waals surface area contributed by atoms with Crippen LogP contribution in [0.15, 0.2) is 224 Å². The highest BCUT2D eigenvalue weighted by Gasteiger charge is 2.58. The number of nitrogens with zero attached hydrogens (tertiary/aromatic N) is 2. The van der Waals surface area contributed by atoms with Crippen LogP contribution in [0.3, 0.4) is 0 Å². The number of aryl methyl sites for hydroxylation is 1. The fourth-order valence-corrected chi connectivity index (χ4v) is 16.7. The molecule has 17 rings (SSSR count). The van der Waals surface area contributed by atoms with Crippen molar-refractivity contribution in [3.63, 3.8) is 0 Å². The summed E-state index contributed by atoms with van der Waals surface area (Å²) in [5.41, 5.74) is 32.1. The molecule has 0 unspecified atom stereocenters. The second-order valence-electron chi connectivity index (χ2n) is 21.7.